The first-order valence-electron chi connectivity index (χ1n) is 9.10. The van der Waals surface area contributed by atoms with E-state index in [2.05, 4.69) is 50.3 Å². The Labute approximate surface area is 143 Å². The Morgan fingerprint density at radius 2 is 1.62 bits per heavy atom. The first kappa shape index (κ1) is 15.8. The molecule has 24 heavy (non-hydrogen) atoms. The fraction of sp³-hybridized carbons (Fsp3) is 0.579. The number of hydrogen-bond donors (Lipinski definition) is 0. The molecule has 0 amide bonds. The van der Waals surface area contributed by atoms with E-state index in [0.717, 1.165) is 25.5 Å². The summed E-state index contributed by atoms with van der Waals surface area (Å²) < 4.78 is 5.60. The molecule has 2 aliphatic heterocycles. The van der Waals surface area contributed by atoms with Crippen molar-refractivity contribution in [3.05, 3.63) is 47.7 Å². The van der Waals surface area contributed by atoms with Crippen LogP contribution in [0.25, 0.3) is 0 Å². The van der Waals surface area contributed by atoms with Crippen molar-refractivity contribution >= 4 is 0 Å². The van der Waals surface area contributed by atoms with Gasteiger partial charge in [0.1, 0.15) is 0 Å². The summed E-state index contributed by atoms with van der Waals surface area (Å²) in [5.74, 6) is 1.42. The lowest BCUT2D eigenvalue weighted by Crippen LogP contribution is -2.45. The van der Waals surface area contributed by atoms with Gasteiger partial charge in [-0.2, -0.15) is 0 Å². The number of hydrogen-bond acceptors (Lipinski definition) is 5. The highest BCUT2D eigenvalue weighted by atomic mass is 16.4. The molecule has 1 aromatic heterocycles. The summed E-state index contributed by atoms with van der Waals surface area (Å²) in [5, 5.41) is 8.15. The number of aryl methyl sites for hydroxylation is 1. The van der Waals surface area contributed by atoms with E-state index in [-0.39, 0.29) is 0 Å². The third kappa shape index (κ3) is 3.37. The van der Waals surface area contributed by atoms with Crippen LogP contribution in [0.4, 0.5) is 0 Å². The molecule has 0 N–H and O–H groups in total. The highest BCUT2D eigenvalue weighted by Gasteiger charge is 2.38. The Hall–Kier alpha value is -1.72. The molecule has 128 valence electrons. The molecule has 0 aliphatic carbocycles. The number of aromatic nitrogens is 2. The van der Waals surface area contributed by atoms with E-state index in [0.29, 0.717) is 18.0 Å². The molecule has 2 aliphatic rings. The number of benzene rings is 1. The van der Waals surface area contributed by atoms with Crippen LogP contribution in [0.1, 0.15) is 43.0 Å². The van der Waals surface area contributed by atoms with E-state index < -0.39 is 0 Å². The second-order valence-corrected chi connectivity index (χ2v) is 7.06. The minimum Gasteiger partial charge on any atom is -0.424 e. The average Bonchev–Trinajstić information content (AvgIpc) is 3.31. The second kappa shape index (κ2) is 7.03. The number of likely N-dealkylation sites (tertiary alicyclic amines) is 2. The van der Waals surface area contributed by atoms with E-state index in [9.17, 15) is 0 Å². The predicted molar refractivity (Wildman–Crippen MR) is 92.3 cm³/mol. The van der Waals surface area contributed by atoms with Crippen molar-refractivity contribution in [1.82, 2.24) is 20.0 Å². The van der Waals surface area contributed by atoms with Gasteiger partial charge in [0.2, 0.25) is 11.8 Å². The van der Waals surface area contributed by atoms with E-state index in [4.69, 9.17) is 4.42 Å². The molecule has 2 saturated heterocycles. The van der Waals surface area contributed by atoms with Crippen LogP contribution in [0.3, 0.4) is 0 Å². The molecule has 0 radical (unpaired) electrons. The number of nitrogens with zero attached hydrogens (tertiary/aromatic N) is 4. The molecule has 4 rings (SSSR count). The van der Waals surface area contributed by atoms with Gasteiger partial charge in [-0.15, -0.1) is 10.2 Å². The maximum atomic E-state index is 5.60. The van der Waals surface area contributed by atoms with Gasteiger partial charge in [0.15, 0.2) is 0 Å². The van der Waals surface area contributed by atoms with Crippen molar-refractivity contribution in [2.45, 2.75) is 57.8 Å². The topological polar surface area (TPSA) is 45.4 Å². The zero-order valence-electron chi connectivity index (χ0n) is 14.4. The molecule has 2 unspecified atom stereocenters. The Kier molecular flexibility index (Phi) is 4.63. The lowest BCUT2D eigenvalue weighted by molar-refractivity contribution is 0.117. The minimum absolute atomic E-state index is 0.614. The molecule has 0 bridgehead atoms. The van der Waals surface area contributed by atoms with E-state index in [1.165, 1.54) is 37.8 Å². The fourth-order valence-corrected chi connectivity index (χ4v) is 4.36. The van der Waals surface area contributed by atoms with Gasteiger partial charge >= 0.3 is 0 Å². The first-order valence-corrected chi connectivity index (χ1v) is 9.10. The normalized spacial score (nSPS) is 25.5. The molecule has 5 heteroatoms. The SMILES string of the molecule is Cc1nnc(CN2CCCC2C2CCCN2Cc2ccccc2)o1. The van der Waals surface area contributed by atoms with Crippen LogP contribution in [0, 0.1) is 6.92 Å². The molecular formula is C19H26N4O. The Morgan fingerprint density at radius 3 is 2.25 bits per heavy atom. The number of rotatable bonds is 5. The average molecular weight is 326 g/mol. The first-order chi connectivity index (χ1) is 11.8. The summed E-state index contributed by atoms with van der Waals surface area (Å²) in [5.41, 5.74) is 1.42. The summed E-state index contributed by atoms with van der Waals surface area (Å²) in [7, 11) is 0. The van der Waals surface area contributed by atoms with Gasteiger partial charge in [-0.3, -0.25) is 9.80 Å². The molecule has 0 spiro atoms. The van der Waals surface area contributed by atoms with Gasteiger partial charge in [-0.05, 0) is 44.3 Å². The summed E-state index contributed by atoms with van der Waals surface area (Å²) in [6.07, 6.45) is 5.16. The predicted octanol–water partition coefficient (Wildman–Crippen LogP) is 3.01. The van der Waals surface area contributed by atoms with Crippen LogP contribution in [-0.2, 0) is 13.1 Å². The molecule has 1 aromatic carbocycles. The Bertz CT molecular complexity index is 656. The molecule has 2 aromatic rings. The van der Waals surface area contributed by atoms with Gasteiger partial charge in [0, 0.05) is 25.6 Å². The van der Waals surface area contributed by atoms with E-state index in [1.807, 2.05) is 6.92 Å². The van der Waals surface area contributed by atoms with E-state index in [1.54, 1.807) is 0 Å². The standard InChI is InChI=1S/C19H26N4O/c1-15-20-21-19(24-15)14-23-12-6-10-18(23)17-9-5-11-22(17)13-16-7-3-2-4-8-16/h2-4,7-8,17-18H,5-6,9-14H2,1H3. The largest absolute Gasteiger partial charge is 0.424 e. The minimum atomic E-state index is 0.614. The quantitative estimate of drug-likeness (QED) is 0.845. The zero-order chi connectivity index (χ0) is 16.4. The Morgan fingerprint density at radius 1 is 0.958 bits per heavy atom. The van der Waals surface area contributed by atoms with E-state index >= 15 is 0 Å². The molecular weight excluding hydrogens is 300 g/mol. The van der Waals surface area contributed by atoms with Gasteiger partial charge in [0.25, 0.3) is 0 Å². The summed E-state index contributed by atoms with van der Waals surface area (Å²) in [6.45, 7) is 6.07. The lowest BCUT2D eigenvalue weighted by atomic mass is 10.0. The molecule has 3 heterocycles. The van der Waals surface area contributed by atoms with Crippen LogP contribution in [0.15, 0.2) is 34.7 Å². The third-order valence-electron chi connectivity index (χ3n) is 5.41. The maximum Gasteiger partial charge on any atom is 0.230 e. The van der Waals surface area contributed by atoms with Gasteiger partial charge < -0.3 is 4.42 Å². The summed E-state index contributed by atoms with van der Waals surface area (Å²) in [6, 6.07) is 12.1. The summed E-state index contributed by atoms with van der Waals surface area (Å²) >= 11 is 0. The molecule has 0 saturated carbocycles. The van der Waals surface area contributed by atoms with Crippen LogP contribution < -0.4 is 0 Å². The van der Waals surface area contributed by atoms with Crippen molar-refractivity contribution in [2.75, 3.05) is 13.1 Å². The molecule has 2 fully saturated rings. The van der Waals surface area contributed by atoms with Crippen LogP contribution >= 0.6 is 0 Å². The van der Waals surface area contributed by atoms with Gasteiger partial charge in [-0.1, -0.05) is 30.3 Å². The second-order valence-electron chi connectivity index (χ2n) is 7.06. The van der Waals surface area contributed by atoms with Crippen LogP contribution in [-0.4, -0.2) is 45.2 Å². The third-order valence-corrected chi connectivity index (χ3v) is 5.41. The lowest BCUT2D eigenvalue weighted by Gasteiger charge is -2.34. The zero-order valence-corrected chi connectivity index (χ0v) is 14.4. The highest BCUT2D eigenvalue weighted by Crippen LogP contribution is 2.31. The van der Waals surface area contributed by atoms with Gasteiger partial charge in [-0.25, -0.2) is 0 Å². The molecule has 5 nitrogen and oxygen atoms in total. The van der Waals surface area contributed by atoms with Gasteiger partial charge in [0.05, 0.1) is 6.54 Å². The molecule has 2 atom stereocenters. The smallest absolute Gasteiger partial charge is 0.230 e. The Balaban J connectivity index is 1.44. The van der Waals surface area contributed by atoms with Crippen molar-refractivity contribution in [3.63, 3.8) is 0 Å². The van der Waals surface area contributed by atoms with Crippen molar-refractivity contribution in [2.24, 2.45) is 0 Å². The van der Waals surface area contributed by atoms with Crippen LogP contribution in [0.5, 0.6) is 0 Å². The highest BCUT2D eigenvalue weighted by molar-refractivity contribution is 5.15. The van der Waals surface area contributed by atoms with Crippen molar-refractivity contribution in [1.29, 1.82) is 0 Å². The van der Waals surface area contributed by atoms with Crippen molar-refractivity contribution in [3.8, 4) is 0 Å². The fourth-order valence-electron chi connectivity index (χ4n) is 4.36. The van der Waals surface area contributed by atoms with Crippen molar-refractivity contribution < 1.29 is 4.42 Å². The summed E-state index contributed by atoms with van der Waals surface area (Å²) in [4.78, 5) is 5.23. The maximum absolute atomic E-state index is 5.60. The van der Waals surface area contributed by atoms with Crippen LogP contribution in [0.2, 0.25) is 0 Å². The monoisotopic (exact) mass is 326 g/mol.